The van der Waals surface area contributed by atoms with Crippen molar-refractivity contribution in [3.05, 3.63) is 28.8 Å². The molecule has 1 rings (SSSR count). The molecule has 0 fully saturated rings. The molecule has 0 unspecified atom stereocenters. The highest BCUT2D eigenvalue weighted by Gasteiger charge is 2.31. The summed E-state index contributed by atoms with van der Waals surface area (Å²) in [6.45, 7) is 0. The number of halogens is 6. The minimum Gasteiger partial charge on any atom is -0.406 e. The van der Waals surface area contributed by atoms with Crippen LogP contribution in [0.1, 0.15) is 10.4 Å². The van der Waals surface area contributed by atoms with E-state index in [9.17, 15) is 18.0 Å². The fourth-order valence-electron chi connectivity index (χ4n) is 1.01. The third-order valence-corrected chi connectivity index (χ3v) is 2.36. The number of rotatable bonds is 3. The van der Waals surface area contributed by atoms with Gasteiger partial charge in [-0.25, -0.2) is 0 Å². The number of Topliss-reactive ketones (excluding diaryl/α,β-unsaturated/α-hetero) is 1. The van der Waals surface area contributed by atoms with Crippen molar-refractivity contribution in [3.8, 4) is 5.75 Å². The molecule has 0 heterocycles. The van der Waals surface area contributed by atoms with Gasteiger partial charge in [0.05, 0.1) is 5.02 Å². The molecule has 0 aliphatic rings. The van der Waals surface area contributed by atoms with Gasteiger partial charge >= 0.3 is 6.36 Å². The number of carbonyl (C=O) groups excluding carboxylic acids is 1. The maximum atomic E-state index is 11.9. The van der Waals surface area contributed by atoms with Gasteiger partial charge in [-0.1, -0.05) is 34.8 Å². The van der Waals surface area contributed by atoms with E-state index >= 15 is 0 Å². The van der Waals surface area contributed by atoms with Gasteiger partial charge in [-0.2, -0.15) is 0 Å². The fourth-order valence-corrected chi connectivity index (χ4v) is 1.45. The summed E-state index contributed by atoms with van der Waals surface area (Å²) < 4.78 is 39.5. The predicted octanol–water partition coefficient (Wildman–Crippen LogP) is 4.23. The standard InChI is InChI=1S/C9H4Cl3F3O2/c10-6-2-1-4(17-9(13,14)15)3-5(6)7(16)8(11)12/h1-3,8H. The van der Waals surface area contributed by atoms with Gasteiger partial charge in [0.1, 0.15) is 5.75 Å². The Bertz CT molecular complexity index is 432. The maximum absolute atomic E-state index is 11.9. The van der Waals surface area contributed by atoms with Gasteiger partial charge in [0.2, 0.25) is 0 Å². The topological polar surface area (TPSA) is 26.3 Å². The van der Waals surface area contributed by atoms with E-state index in [1.54, 1.807) is 0 Å². The SMILES string of the molecule is O=C(c1cc(OC(F)(F)F)ccc1Cl)C(Cl)Cl. The normalized spacial score (nSPS) is 11.7. The number of carbonyl (C=O) groups is 1. The molecule has 0 aromatic heterocycles. The van der Waals surface area contributed by atoms with Crippen molar-refractivity contribution in [2.75, 3.05) is 0 Å². The third kappa shape index (κ3) is 4.26. The van der Waals surface area contributed by atoms with Gasteiger partial charge < -0.3 is 4.74 Å². The number of ketones is 1. The van der Waals surface area contributed by atoms with Crippen molar-refractivity contribution in [3.63, 3.8) is 0 Å². The molecular weight excluding hydrogens is 303 g/mol. The van der Waals surface area contributed by atoms with E-state index < -0.39 is 22.7 Å². The van der Waals surface area contributed by atoms with Crippen molar-refractivity contribution in [2.24, 2.45) is 0 Å². The third-order valence-electron chi connectivity index (χ3n) is 1.64. The minimum absolute atomic E-state index is 0.0594. The van der Waals surface area contributed by atoms with Crippen molar-refractivity contribution in [2.45, 2.75) is 11.2 Å². The quantitative estimate of drug-likeness (QED) is 0.617. The Morgan fingerprint density at radius 2 is 1.88 bits per heavy atom. The highest BCUT2D eigenvalue weighted by Crippen LogP contribution is 2.28. The Balaban J connectivity index is 3.07. The summed E-state index contributed by atoms with van der Waals surface area (Å²) >= 11 is 16.3. The molecule has 0 amide bonds. The van der Waals surface area contributed by atoms with Crippen LogP contribution in [0.15, 0.2) is 18.2 Å². The summed E-state index contributed by atoms with van der Waals surface area (Å²) in [5, 5.41) is -0.0594. The van der Waals surface area contributed by atoms with Crippen LogP contribution in [0.4, 0.5) is 13.2 Å². The molecule has 0 bridgehead atoms. The van der Waals surface area contributed by atoms with E-state index in [1.165, 1.54) is 0 Å². The Morgan fingerprint density at radius 3 is 2.35 bits per heavy atom. The zero-order chi connectivity index (χ0) is 13.2. The number of hydrogen-bond donors (Lipinski definition) is 0. The number of benzene rings is 1. The molecule has 94 valence electrons. The summed E-state index contributed by atoms with van der Waals surface area (Å²) in [4.78, 5) is 9.99. The fraction of sp³-hybridized carbons (Fsp3) is 0.222. The van der Waals surface area contributed by atoms with Crippen LogP contribution in [0.3, 0.4) is 0 Å². The summed E-state index contributed by atoms with van der Waals surface area (Å²) in [5.74, 6) is -1.37. The molecule has 0 saturated carbocycles. The Morgan fingerprint density at radius 1 is 1.29 bits per heavy atom. The molecule has 0 aliphatic heterocycles. The lowest BCUT2D eigenvalue weighted by atomic mass is 10.1. The van der Waals surface area contributed by atoms with Crippen molar-refractivity contribution in [1.29, 1.82) is 0 Å². The summed E-state index contributed by atoms with van der Waals surface area (Å²) in [6, 6.07) is 2.89. The molecule has 1 aromatic rings. The maximum Gasteiger partial charge on any atom is 0.573 e. The predicted molar refractivity (Wildman–Crippen MR) is 58.0 cm³/mol. The highest BCUT2D eigenvalue weighted by molar-refractivity contribution is 6.56. The Hall–Kier alpha value is -0.650. The first kappa shape index (κ1) is 14.4. The number of ether oxygens (including phenoxy) is 1. The zero-order valence-corrected chi connectivity index (χ0v) is 10.2. The van der Waals surface area contributed by atoms with E-state index in [4.69, 9.17) is 34.8 Å². The summed E-state index contributed by atoms with van der Waals surface area (Å²) in [6.07, 6.45) is -4.85. The van der Waals surface area contributed by atoms with Crippen molar-refractivity contribution >= 4 is 40.6 Å². The average Bonchev–Trinajstić information content (AvgIpc) is 2.17. The molecule has 0 spiro atoms. The van der Waals surface area contributed by atoms with Crippen LogP contribution < -0.4 is 4.74 Å². The van der Waals surface area contributed by atoms with Gasteiger partial charge in [0.25, 0.3) is 0 Å². The zero-order valence-electron chi connectivity index (χ0n) is 7.89. The Kier molecular flexibility index (Phi) is 4.52. The molecule has 8 heteroatoms. The summed E-state index contributed by atoms with van der Waals surface area (Å²) in [5.41, 5.74) is -0.233. The molecule has 0 atom stereocenters. The van der Waals surface area contributed by atoms with Crippen LogP contribution in [0.5, 0.6) is 5.75 Å². The van der Waals surface area contributed by atoms with Gasteiger partial charge in [-0.15, -0.1) is 13.2 Å². The smallest absolute Gasteiger partial charge is 0.406 e. The second-order valence-corrected chi connectivity index (χ2v) is 4.36. The minimum atomic E-state index is -4.85. The molecule has 0 radical (unpaired) electrons. The second-order valence-electron chi connectivity index (χ2n) is 2.85. The van der Waals surface area contributed by atoms with Crippen LogP contribution in [-0.4, -0.2) is 17.0 Å². The van der Waals surface area contributed by atoms with E-state index in [-0.39, 0.29) is 10.6 Å². The van der Waals surface area contributed by atoms with Gasteiger partial charge in [0, 0.05) is 5.56 Å². The average molecular weight is 307 g/mol. The van der Waals surface area contributed by atoms with Gasteiger partial charge in [-0.3, -0.25) is 4.79 Å². The molecule has 1 aromatic carbocycles. The van der Waals surface area contributed by atoms with Gasteiger partial charge in [0.15, 0.2) is 10.6 Å². The first-order valence-electron chi connectivity index (χ1n) is 4.08. The highest BCUT2D eigenvalue weighted by atomic mass is 35.5. The monoisotopic (exact) mass is 306 g/mol. The van der Waals surface area contributed by atoms with Crippen LogP contribution in [0.2, 0.25) is 5.02 Å². The lowest BCUT2D eigenvalue weighted by Gasteiger charge is -2.11. The molecule has 2 nitrogen and oxygen atoms in total. The van der Waals surface area contributed by atoms with E-state index in [1.807, 2.05) is 0 Å². The van der Waals surface area contributed by atoms with E-state index in [2.05, 4.69) is 4.74 Å². The first-order chi connectivity index (χ1) is 7.70. The second kappa shape index (κ2) is 5.33. The first-order valence-corrected chi connectivity index (χ1v) is 5.33. The van der Waals surface area contributed by atoms with Crippen molar-refractivity contribution < 1.29 is 22.7 Å². The van der Waals surface area contributed by atoms with Crippen LogP contribution in [0, 0.1) is 0 Å². The number of alkyl halides is 5. The molecule has 0 aliphatic carbocycles. The van der Waals surface area contributed by atoms with Gasteiger partial charge in [-0.05, 0) is 18.2 Å². The largest absolute Gasteiger partial charge is 0.573 e. The molecule has 17 heavy (non-hydrogen) atoms. The molecule has 0 saturated heterocycles. The summed E-state index contributed by atoms with van der Waals surface area (Å²) in [7, 11) is 0. The molecule has 0 N–H and O–H groups in total. The van der Waals surface area contributed by atoms with Crippen LogP contribution in [0.25, 0.3) is 0 Å². The van der Waals surface area contributed by atoms with Crippen LogP contribution >= 0.6 is 34.8 Å². The van der Waals surface area contributed by atoms with Crippen molar-refractivity contribution in [1.82, 2.24) is 0 Å². The lowest BCUT2D eigenvalue weighted by molar-refractivity contribution is -0.274. The van der Waals surface area contributed by atoms with E-state index in [0.29, 0.717) is 0 Å². The van der Waals surface area contributed by atoms with Crippen LogP contribution in [-0.2, 0) is 0 Å². The molecular formula is C9H4Cl3F3O2. The number of hydrogen-bond acceptors (Lipinski definition) is 2. The van der Waals surface area contributed by atoms with E-state index in [0.717, 1.165) is 18.2 Å². The lowest BCUT2D eigenvalue weighted by Crippen LogP contribution is -2.17. The Labute approximate surface area is 109 Å².